The summed E-state index contributed by atoms with van der Waals surface area (Å²) >= 11 is 0. The van der Waals surface area contributed by atoms with E-state index in [0.29, 0.717) is 23.3 Å². The summed E-state index contributed by atoms with van der Waals surface area (Å²) in [6.07, 6.45) is -5.42. The third kappa shape index (κ3) is 7.14. The summed E-state index contributed by atoms with van der Waals surface area (Å²) in [5.74, 6) is -2.16. The van der Waals surface area contributed by atoms with Gasteiger partial charge >= 0.3 is 12.3 Å². The van der Waals surface area contributed by atoms with Gasteiger partial charge in [0.15, 0.2) is 0 Å². The number of aromatic nitrogens is 3. The molecule has 0 saturated heterocycles. The number of hydrogen-bond donors (Lipinski definition) is 2. The van der Waals surface area contributed by atoms with Crippen LogP contribution in [0.1, 0.15) is 18.4 Å². The first-order valence-electron chi connectivity index (χ1n) is 12.3. The molecule has 0 bridgehead atoms. The molecule has 1 heterocycles. The van der Waals surface area contributed by atoms with Crippen LogP contribution in [0.5, 0.6) is 11.5 Å². The van der Waals surface area contributed by atoms with Crippen LogP contribution in [-0.2, 0) is 17.8 Å². The normalized spacial score (nSPS) is 13.1. The topological polar surface area (TPSA) is 124 Å². The van der Waals surface area contributed by atoms with E-state index in [1.165, 1.54) is 37.4 Å². The van der Waals surface area contributed by atoms with Crippen LogP contribution in [0.3, 0.4) is 0 Å². The number of carboxylic acids is 1. The van der Waals surface area contributed by atoms with Crippen molar-refractivity contribution in [3.05, 3.63) is 82.6 Å². The summed E-state index contributed by atoms with van der Waals surface area (Å²) in [6.45, 7) is -0.0471. The molecule has 0 aliphatic rings. The number of nitrogens with zero attached hydrogens (tertiary/aromatic N) is 3. The second-order valence-corrected chi connectivity index (χ2v) is 9.11. The fraction of sp³-hybridized carbons (Fsp3) is 0.286. The average Bonchev–Trinajstić information content (AvgIpc) is 2.92. The van der Waals surface area contributed by atoms with E-state index >= 15 is 0 Å². The van der Waals surface area contributed by atoms with Gasteiger partial charge in [-0.3, -0.25) is 9.59 Å². The number of fused-ring (bicyclic) bond motifs is 1. The van der Waals surface area contributed by atoms with Crippen molar-refractivity contribution in [1.29, 1.82) is 0 Å². The third-order valence-corrected chi connectivity index (χ3v) is 6.47. The maximum Gasteiger partial charge on any atom is 0.573 e. The minimum absolute atomic E-state index is 0.0342. The zero-order valence-electron chi connectivity index (χ0n) is 21.3. The highest BCUT2D eigenvalue weighted by atomic mass is 19.4. The Morgan fingerprint density at radius 2 is 1.60 bits per heavy atom. The summed E-state index contributed by atoms with van der Waals surface area (Å²) < 4.78 is 47.1. The Labute approximate surface area is 226 Å². The van der Waals surface area contributed by atoms with Crippen molar-refractivity contribution in [1.82, 2.24) is 15.0 Å². The molecule has 0 saturated carbocycles. The van der Waals surface area contributed by atoms with Crippen molar-refractivity contribution in [2.75, 3.05) is 7.11 Å². The highest BCUT2D eigenvalue weighted by Crippen LogP contribution is 2.27. The molecule has 0 spiro atoms. The number of carboxylic acid groups (broad SMARTS) is 1. The van der Waals surface area contributed by atoms with Gasteiger partial charge in [-0.1, -0.05) is 41.6 Å². The van der Waals surface area contributed by atoms with Crippen LogP contribution >= 0.6 is 0 Å². The summed E-state index contributed by atoms with van der Waals surface area (Å²) in [5.41, 5.74) is 2.25. The van der Waals surface area contributed by atoms with Crippen LogP contribution in [-0.4, -0.2) is 50.8 Å². The Balaban J connectivity index is 1.36. The van der Waals surface area contributed by atoms with Crippen LogP contribution in [0.15, 0.2) is 71.5 Å². The molecule has 3 aromatic carbocycles. The van der Waals surface area contributed by atoms with Crippen LogP contribution in [0, 0.1) is 5.92 Å². The first kappa shape index (κ1) is 28.6. The van der Waals surface area contributed by atoms with Crippen molar-refractivity contribution < 1.29 is 37.7 Å². The van der Waals surface area contributed by atoms with Gasteiger partial charge in [0, 0.05) is 6.54 Å². The quantitative estimate of drug-likeness (QED) is 0.277. The molecule has 2 N–H and O–H groups in total. The number of aliphatic carboxylic acids is 1. The Kier molecular flexibility index (Phi) is 8.68. The molecule has 0 radical (unpaired) electrons. The van der Waals surface area contributed by atoms with E-state index in [9.17, 15) is 33.0 Å². The van der Waals surface area contributed by atoms with E-state index in [1.807, 2.05) is 0 Å². The summed E-state index contributed by atoms with van der Waals surface area (Å²) in [4.78, 5) is 24.7. The van der Waals surface area contributed by atoms with Crippen molar-refractivity contribution >= 4 is 16.9 Å². The van der Waals surface area contributed by atoms with Gasteiger partial charge in [0.05, 0.1) is 24.5 Å². The molecule has 40 heavy (non-hydrogen) atoms. The average molecular weight is 558 g/mol. The summed E-state index contributed by atoms with van der Waals surface area (Å²) in [5, 5.41) is 28.5. The highest BCUT2D eigenvalue weighted by Gasteiger charge is 2.31. The first-order valence-corrected chi connectivity index (χ1v) is 12.3. The lowest BCUT2D eigenvalue weighted by Gasteiger charge is -2.19. The molecule has 0 fully saturated rings. The predicted molar refractivity (Wildman–Crippen MR) is 139 cm³/mol. The zero-order valence-corrected chi connectivity index (χ0v) is 21.3. The number of aliphatic hydroxyl groups is 1. The van der Waals surface area contributed by atoms with Gasteiger partial charge in [-0.25, -0.2) is 4.68 Å². The lowest BCUT2D eigenvalue weighted by molar-refractivity contribution is -0.274. The summed E-state index contributed by atoms with van der Waals surface area (Å²) in [7, 11) is 1.47. The maximum atomic E-state index is 12.8. The van der Waals surface area contributed by atoms with Gasteiger partial charge in [-0.05, 0) is 66.3 Å². The molecule has 4 rings (SSSR count). The Bertz CT molecular complexity index is 1520. The molecule has 9 nitrogen and oxygen atoms in total. The monoisotopic (exact) mass is 557 g/mol. The maximum absolute atomic E-state index is 12.8. The predicted octanol–water partition coefficient (Wildman–Crippen LogP) is 4.45. The lowest BCUT2D eigenvalue weighted by atomic mass is 9.93. The first-order chi connectivity index (χ1) is 19.0. The molecule has 0 amide bonds. The second-order valence-electron chi connectivity index (χ2n) is 9.11. The van der Waals surface area contributed by atoms with Crippen molar-refractivity contribution in [3.8, 4) is 22.6 Å². The molecule has 1 aromatic heterocycles. The number of halogens is 3. The smallest absolute Gasteiger partial charge is 0.497 e. The SMILES string of the molecule is COc1ccc2nnn(CC[C@H](C(=O)O)[C@H](O)CCc3ccc(-c4ccc(OC(F)(F)F)cc4)cc3)c(=O)c2c1. The van der Waals surface area contributed by atoms with Crippen LogP contribution in [0.2, 0.25) is 0 Å². The van der Waals surface area contributed by atoms with E-state index in [4.69, 9.17) is 4.74 Å². The van der Waals surface area contributed by atoms with Crippen LogP contribution in [0.25, 0.3) is 22.0 Å². The largest absolute Gasteiger partial charge is 0.573 e. The van der Waals surface area contributed by atoms with Gasteiger partial charge in [-0.2, -0.15) is 0 Å². The minimum Gasteiger partial charge on any atom is -0.497 e. The van der Waals surface area contributed by atoms with Gasteiger partial charge < -0.3 is 19.7 Å². The van der Waals surface area contributed by atoms with Crippen molar-refractivity contribution in [3.63, 3.8) is 0 Å². The Morgan fingerprint density at radius 3 is 2.20 bits per heavy atom. The fourth-order valence-corrected chi connectivity index (χ4v) is 4.30. The molecule has 0 unspecified atom stereocenters. The fourth-order valence-electron chi connectivity index (χ4n) is 4.30. The van der Waals surface area contributed by atoms with E-state index < -0.39 is 29.9 Å². The second kappa shape index (κ2) is 12.2. The summed E-state index contributed by atoms with van der Waals surface area (Å²) in [6, 6.07) is 17.5. The van der Waals surface area contributed by atoms with Crippen molar-refractivity contribution in [2.45, 2.75) is 38.3 Å². The van der Waals surface area contributed by atoms with Gasteiger partial charge in [-0.15, -0.1) is 18.3 Å². The molecule has 2 atom stereocenters. The van der Waals surface area contributed by atoms with Crippen molar-refractivity contribution in [2.24, 2.45) is 5.92 Å². The molecule has 4 aromatic rings. The third-order valence-electron chi connectivity index (χ3n) is 6.47. The number of ether oxygens (including phenoxy) is 2. The Hall–Kier alpha value is -4.45. The number of alkyl halides is 3. The van der Waals surface area contributed by atoms with Crippen LogP contribution < -0.4 is 15.0 Å². The van der Waals surface area contributed by atoms with Gasteiger partial charge in [0.1, 0.15) is 17.0 Å². The molecule has 0 aliphatic carbocycles. The number of rotatable bonds is 11. The van der Waals surface area contributed by atoms with E-state index in [0.717, 1.165) is 15.8 Å². The number of benzene rings is 3. The van der Waals surface area contributed by atoms with E-state index in [-0.39, 0.29) is 30.5 Å². The highest BCUT2D eigenvalue weighted by molar-refractivity contribution is 5.78. The Morgan fingerprint density at radius 1 is 0.975 bits per heavy atom. The van der Waals surface area contributed by atoms with Crippen LogP contribution in [0.4, 0.5) is 13.2 Å². The van der Waals surface area contributed by atoms with Gasteiger partial charge in [0.2, 0.25) is 0 Å². The number of aliphatic hydroxyl groups excluding tert-OH is 1. The van der Waals surface area contributed by atoms with E-state index in [1.54, 1.807) is 36.4 Å². The zero-order chi connectivity index (χ0) is 28.9. The molecule has 0 aliphatic heterocycles. The lowest BCUT2D eigenvalue weighted by Crippen LogP contribution is -2.32. The molecular formula is C28H26F3N3O6. The number of carbonyl (C=O) groups is 1. The molecule has 12 heteroatoms. The van der Waals surface area contributed by atoms with Gasteiger partial charge in [0.25, 0.3) is 5.56 Å². The number of aryl methyl sites for hydroxylation is 2. The number of methoxy groups -OCH3 is 1. The number of hydrogen-bond acceptors (Lipinski definition) is 7. The molecular weight excluding hydrogens is 531 g/mol. The molecule has 210 valence electrons. The standard InChI is InChI=1S/C28H26F3N3O6/c1-39-21-11-12-24-23(16-21)26(36)34(33-32-24)15-14-22(27(37)38)25(35)13-4-17-2-5-18(6-3-17)19-7-9-20(10-8-19)40-28(29,30)31/h2-3,5-12,16,22,25,35H,4,13-15H2,1H3,(H,37,38)/t22-,25+/m0/s1. The minimum atomic E-state index is -4.76. The van der Waals surface area contributed by atoms with E-state index in [2.05, 4.69) is 15.0 Å².